The molecule has 2 fully saturated rings. The number of morpholine rings is 1. The van der Waals surface area contributed by atoms with Crippen LogP contribution in [-0.2, 0) is 9.53 Å². The number of rotatable bonds is 4. The maximum absolute atomic E-state index is 12.0. The van der Waals surface area contributed by atoms with E-state index in [0.717, 1.165) is 38.0 Å². The van der Waals surface area contributed by atoms with Crippen molar-refractivity contribution in [2.75, 3.05) is 37.7 Å². The fourth-order valence-corrected chi connectivity index (χ4v) is 2.99. The molecule has 0 aliphatic carbocycles. The molecule has 5 nitrogen and oxygen atoms in total. The van der Waals surface area contributed by atoms with E-state index in [1.54, 1.807) is 6.08 Å². The summed E-state index contributed by atoms with van der Waals surface area (Å²) in [6.07, 6.45) is 5.22. The quantitative estimate of drug-likeness (QED) is 0.817. The van der Waals surface area contributed by atoms with Gasteiger partial charge in [-0.25, -0.2) is 0 Å². The van der Waals surface area contributed by atoms with E-state index in [2.05, 4.69) is 22.3 Å². The Bertz CT molecular complexity index is 542. The van der Waals surface area contributed by atoms with Crippen molar-refractivity contribution in [3.8, 4) is 0 Å². The summed E-state index contributed by atoms with van der Waals surface area (Å²) < 4.78 is 5.46. The van der Waals surface area contributed by atoms with Gasteiger partial charge in [0.25, 0.3) is 0 Å². The fourth-order valence-electron chi connectivity index (χ4n) is 2.99. The maximum Gasteiger partial charge on any atom is 0.185 e. The van der Waals surface area contributed by atoms with E-state index >= 15 is 0 Å². The van der Waals surface area contributed by atoms with Crippen LogP contribution in [0, 0.1) is 0 Å². The molecule has 0 saturated carbocycles. The molecule has 1 unspecified atom stereocenters. The summed E-state index contributed by atoms with van der Waals surface area (Å²) in [5.41, 5.74) is 8.20. The molecule has 2 saturated heterocycles. The summed E-state index contributed by atoms with van der Waals surface area (Å²) in [7, 11) is 0. The minimum atomic E-state index is -0.350. The van der Waals surface area contributed by atoms with Crippen LogP contribution in [0.4, 0.5) is 5.69 Å². The fraction of sp³-hybridized carbons (Fsp3) is 0.500. The molecule has 3 N–H and O–H groups in total. The third kappa shape index (κ3) is 4.41. The van der Waals surface area contributed by atoms with Crippen LogP contribution < -0.4 is 16.0 Å². The molecule has 2 heterocycles. The Morgan fingerprint density at radius 3 is 2.65 bits per heavy atom. The highest BCUT2D eigenvalue weighted by atomic mass is 16.5. The van der Waals surface area contributed by atoms with Gasteiger partial charge in [-0.3, -0.25) is 4.79 Å². The zero-order valence-electron chi connectivity index (χ0n) is 13.4. The van der Waals surface area contributed by atoms with Crippen molar-refractivity contribution in [2.24, 2.45) is 5.73 Å². The van der Waals surface area contributed by atoms with Gasteiger partial charge in [0.1, 0.15) is 6.10 Å². The van der Waals surface area contributed by atoms with Gasteiger partial charge in [-0.05, 0) is 36.6 Å². The van der Waals surface area contributed by atoms with E-state index in [4.69, 9.17) is 10.5 Å². The molecule has 0 radical (unpaired) electrons. The lowest BCUT2D eigenvalue weighted by molar-refractivity contribution is -0.126. The second kappa shape index (κ2) is 7.73. The molecular formula is C18H25N3O2. The van der Waals surface area contributed by atoms with Crippen molar-refractivity contribution in [3.63, 3.8) is 0 Å². The van der Waals surface area contributed by atoms with Gasteiger partial charge in [-0.1, -0.05) is 18.2 Å². The largest absolute Gasteiger partial charge is 0.371 e. The van der Waals surface area contributed by atoms with Crippen LogP contribution in [0.2, 0.25) is 0 Å². The molecule has 5 heteroatoms. The first kappa shape index (κ1) is 16.2. The summed E-state index contributed by atoms with van der Waals surface area (Å²) in [6, 6.07) is 8.66. The van der Waals surface area contributed by atoms with E-state index in [-0.39, 0.29) is 11.9 Å². The number of ketones is 1. The van der Waals surface area contributed by atoms with E-state index < -0.39 is 0 Å². The average molecular weight is 315 g/mol. The third-order valence-corrected chi connectivity index (χ3v) is 4.48. The average Bonchev–Trinajstić information content (AvgIpc) is 2.61. The second-order valence-electron chi connectivity index (χ2n) is 6.22. The molecule has 0 bridgehead atoms. The zero-order chi connectivity index (χ0) is 16.1. The lowest BCUT2D eigenvalue weighted by atomic mass is 10.0. The highest BCUT2D eigenvalue weighted by Gasteiger charge is 2.19. The number of benzene rings is 1. The maximum atomic E-state index is 12.0. The van der Waals surface area contributed by atoms with Gasteiger partial charge in [-0.15, -0.1) is 0 Å². The smallest absolute Gasteiger partial charge is 0.185 e. The Labute approximate surface area is 137 Å². The van der Waals surface area contributed by atoms with E-state index in [1.165, 1.54) is 5.69 Å². The molecule has 124 valence electrons. The van der Waals surface area contributed by atoms with Crippen LogP contribution >= 0.6 is 0 Å². The molecular weight excluding hydrogens is 290 g/mol. The molecule has 1 atom stereocenters. The van der Waals surface area contributed by atoms with E-state index in [9.17, 15) is 4.79 Å². The van der Waals surface area contributed by atoms with Gasteiger partial charge in [0, 0.05) is 37.9 Å². The van der Waals surface area contributed by atoms with Crippen LogP contribution in [0.1, 0.15) is 18.4 Å². The molecule has 0 amide bonds. The normalized spacial score (nSPS) is 23.3. The van der Waals surface area contributed by atoms with Crippen molar-refractivity contribution in [2.45, 2.75) is 25.0 Å². The van der Waals surface area contributed by atoms with Crippen molar-refractivity contribution in [1.29, 1.82) is 0 Å². The van der Waals surface area contributed by atoms with Crippen molar-refractivity contribution in [1.82, 2.24) is 5.32 Å². The van der Waals surface area contributed by atoms with Crippen LogP contribution in [0.15, 0.2) is 30.3 Å². The molecule has 0 aromatic heterocycles. The van der Waals surface area contributed by atoms with Crippen molar-refractivity contribution < 1.29 is 9.53 Å². The van der Waals surface area contributed by atoms with Gasteiger partial charge in [0.15, 0.2) is 5.78 Å². The molecule has 0 spiro atoms. The first-order valence-electron chi connectivity index (χ1n) is 8.37. The Morgan fingerprint density at radius 1 is 1.26 bits per heavy atom. The standard InChI is InChI=1S/C18H25N3O2/c19-15-7-10-21(11-8-15)16-4-1-14(2-5-16)3-6-17(22)18-13-20-9-12-23-18/h1-6,15,18,20H,7-13,19H2. The highest BCUT2D eigenvalue weighted by Crippen LogP contribution is 2.20. The Balaban J connectivity index is 1.56. The van der Waals surface area contributed by atoms with Gasteiger partial charge in [-0.2, -0.15) is 0 Å². The first-order chi connectivity index (χ1) is 11.2. The van der Waals surface area contributed by atoms with E-state index in [0.29, 0.717) is 19.2 Å². The van der Waals surface area contributed by atoms with Gasteiger partial charge >= 0.3 is 0 Å². The number of nitrogens with zero attached hydrogens (tertiary/aromatic N) is 1. The Morgan fingerprint density at radius 2 is 2.00 bits per heavy atom. The number of piperidine rings is 1. The zero-order valence-corrected chi connectivity index (χ0v) is 13.4. The minimum Gasteiger partial charge on any atom is -0.371 e. The summed E-state index contributed by atoms with van der Waals surface area (Å²) in [4.78, 5) is 14.4. The van der Waals surface area contributed by atoms with Crippen LogP contribution in [0.25, 0.3) is 6.08 Å². The molecule has 1 aromatic rings. The van der Waals surface area contributed by atoms with E-state index in [1.807, 2.05) is 18.2 Å². The molecule has 2 aliphatic heterocycles. The summed E-state index contributed by atoms with van der Waals surface area (Å²) >= 11 is 0. The number of anilines is 1. The van der Waals surface area contributed by atoms with Crippen LogP contribution in [0.5, 0.6) is 0 Å². The van der Waals surface area contributed by atoms with Crippen LogP contribution in [-0.4, -0.2) is 50.7 Å². The van der Waals surface area contributed by atoms with Crippen LogP contribution in [0.3, 0.4) is 0 Å². The number of nitrogens with two attached hydrogens (primary N) is 1. The number of carbonyl (C=O) groups is 1. The van der Waals surface area contributed by atoms with Gasteiger partial charge in [0.2, 0.25) is 0 Å². The monoisotopic (exact) mass is 315 g/mol. The number of carbonyl (C=O) groups excluding carboxylic acids is 1. The number of hydrogen-bond acceptors (Lipinski definition) is 5. The Hall–Kier alpha value is -1.69. The highest BCUT2D eigenvalue weighted by molar-refractivity contribution is 5.97. The summed E-state index contributed by atoms with van der Waals surface area (Å²) in [5.74, 6) is 0.0197. The van der Waals surface area contributed by atoms with Crippen molar-refractivity contribution >= 4 is 17.5 Å². The van der Waals surface area contributed by atoms with Gasteiger partial charge in [0.05, 0.1) is 6.61 Å². The predicted molar refractivity (Wildman–Crippen MR) is 92.5 cm³/mol. The number of ether oxygens (including phenoxy) is 1. The van der Waals surface area contributed by atoms with Gasteiger partial charge < -0.3 is 20.7 Å². The SMILES string of the molecule is NC1CCN(c2ccc(C=CC(=O)C3CNCCO3)cc2)CC1. The lowest BCUT2D eigenvalue weighted by Gasteiger charge is -2.32. The number of nitrogens with one attached hydrogen (secondary N) is 1. The summed E-state index contributed by atoms with van der Waals surface area (Å²) in [5, 5.41) is 3.17. The Kier molecular flexibility index (Phi) is 5.43. The lowest BCUT2D eigenvalue weighted by Crippen LogP contribution is -2.42. The van der Waals surface area contributed by atoms with Crippen molar-refractivity contribution in [3.05, 3.63) is 35.9 Å². The molecule has 1 aromatic carbocycles. The summed E-state index contributed by atoms with van der Waals surface area (Å²) in [6.45, 7) is 4.04. The molecule has 3 rings (SSSR count). The predicted octanol–water partition coefficient (Wildman–Crippen LogP) is 1.18. The number of hydrogen-bond donors (Lipinski definition) is 2. The second-order valence-corrected chi connectivity index (χ2v) is 6.22. The topological polar surface area (TPSA) is 67.6 Å². The molecule has 2 aliphatic rings. The minimum absolute atomic E-state index is 0.0197. The first-order valence-corrected chi connectivity index (χ1v) is 8.37. The third-order valence-electron chi connectivity index (χ3n) is 4.48. The molecule has 23 heavy (non-hydrogen) atoms.